The van der Waals surface area contributed by atoms with Gasteiger partial charge in [0.2, 0.25) is 10.0 Å². The Morgan fingerprint density at radius 1 is 1.35 bits per heavy atom. The van der Waals surface area contributed by atoms with E-state index in [0.29, 0.717) is 12.8 Å². The second-order valence-corrected chi connectivity index (χ2v) is 7.18. The molecule has 0 bridgehead atoms. The van der Waals surface area contributed by atoms with E-state index in [1.54, 1.807) is 19.1 Å². The molecule has 1 aliphatic rings. The van der Waals surface area contributed by atoms with Crippen molar-refractivity contribution in [1.82, 2.24) is 4.31 Å². The topological polar surface area (TPSA) is 74.7 Å². The van der Waals surface area contributed by atoms with E-state index >= 15 is 0 Å². The van der Waals surface area contributed by atoms with Crippen LogP contribution in [0.1, 0.15) is 25.3 Å². The van der Waals surface area contributed by atoms with Gasteiger partial charge in [0.15, 0.2) is 0 Å². The Morgan fingerprint density at radius 3 is 2.55 bits per heavy atom. The van der Waals surface area contributed by atoms with Crippen LogP contribution in [0.2, 0.25) is 0 Å². The van der Waals surface area contributed by atoms with Crippen molar-refractivity contribution in [2.75, 3.05) is 6.54 Å². The minimum atomic E-state index is -3.39. The number of hydrogen-bond acceptors (Lipinski definition) is 3. The van der Waals surface area contributed by atoms with Crippen molar-refractivity contribution >= 4 is 16.0 Å². The maximum Gasteiger partial charge on any atom is 0.306 e. The average Bonchev–Trinajstić information content (AvgIpc) is 2.38. The van der Waals surface area contributed by atoms with Crippen LogP contribution in [0.15, 0.2) is 30.3 Å². The van der Waals surface area contributed by atoms with Crippen molar-refractivity contribution in [3.8, 4) is 0 Å². The summed E-state index contributed by atoms with van der Waals surface area (Å²) in [4.78, 5) is 11.0. The molecular formula is C14H19NO4S. The largest absolute Gasteiger partial charge is 0.481 e. The van der Waals surface area contributed by atoms with Gasteiger partial charge in [-0.1, -0.05) is 30.3 Å². The predicted octanol–water partition coefficient (Wildman–Crippen LogP) is 1.70. The molecular weight excluding hydrogens is 278 g/mol. The van der Waals surface area contributed by atoms with Crippen molar-refractivity contribution in [3.63, 3.8) is 0 Å². The summed E-state index contributed by atoms with van der Waals surface area (Å²) in [5.41, 5.74) is 0.750. The lowest BCUT2D eigenvalue weighted by atomic mass is 9.93. The summed E-state index contributed by atoms with van der Waals surface area (Å²) in [6, 6.07) is 8.77. The van der Waals surface area contributed by atoms with E-state index in [4.69, 9.17) is 5.11 Å². The Labute approximate surface area is 119 Å². The molecule has 0 aromatic heterocycles. The van der Waals surface area contributed by atoms with Crippen LogP contribution < -0.4 is 0 Å². The van der Waals surface area contributed by atoms with Crippen molar-refractivity contribution < 1.29 is 18.3 Å². The van der Waals surface area contributed by atoms with Crippen LogP contribution in [-0.4, -0.2) is 36.4 Å². The molecule has 1 aromatic rings. The van der Waals surface area contributed by atoms with Crippen molar-refractivity contribution in [1.29, 1.82) is 0 Å². The molecule has 0 saturated carbocycles. The summed E-state index contributed by atoms with van der Waals surface area (Å²) in [7, 11) is -3.39. The number of nitrogens with zero attached hydrogens (tertiary/aromatic N) is 1. The van der Waals surface area contributed by atoms with E-state index in [1.807, 2.05) is 18.2 Å². The Bertz CT molecular complexity index is 570. The zero-order valence-corrected chi connectivity index (χ0v) is 12.2. The lowest BCUT2D eigenvalue weighted by Gasteiger charge is -2.35. The third-order valence-electron chi connectivity index (χ3n) is 3.71. The normalized spacial score (nSPS) is 24.4. The maximum atomic E-state index is 12.4. The zero-order chi connectivity index (χ0) is 14.8. The van der Waals surface area contributed by atoms with E-state index in [0.717, 1.165) is 5.56 Å². The maximum absolute atomic E-state index is 12.4. The van der Waals surface area contributed by atoms with Gasteiger partial charge in [0.05, 0.1) is 11.7 Å². The van der Waals surface area contributed by atoms with Gasteiger partial charge >= 0.3 is 5.97 Å². The fourth-order valence-corrected chi connectivity index (χ4v) is 4.45. The van der Waals surface area contributed by atoms with E-state index in [9.17, 15) is 13.2 Å². The predicted molar refractivity (Wildman–Crippen MR) is 75.6 cm³/mol. The van der Waals surface area contributed by atoms with E-state index in [1.165, 1.54) is 4.31 Å². The monoisotopic (exact) mass is 297 g/mol. The van der Waals surface area contributed by atoms with Gasteiger partial charge in [0, 0.05) is 12.6 Å². The average molecular weight is 297 g/mol. The molecule has 1 heterocycles. The minimum absolute atomic E-state index is 0.0318. The summed E-state index contributed by atoms with van der Waals surface area (Å²) in [5, 5.41) is 9.01. The van der Waals surface area contributed by atoms with Crippen LogP contribution in [-0.2, 0) is 20.6 Å². The van der Waals surface area contributed by atoms with Crippen molar-refractivity contribution in [3.05, 3.63) is 35.9 Å². The Balaban J connectivity index is 2.09. The van der Waals surface area contributed by atoms with Gasteiger partial charge in [-0.15, -0.1) is 0 Å². The first-order chi connectivity index (χ1) is 9.40. The second kappa shape index (κ2) is 5.93. The SMILES string of the molecule is CC1CC(C(=O)O)CCN1S(=O)(=O)Cc1ccccc1. The van der Waals surface area contributed by atoms with Crippen molar-refractivity contribution in [2.24, 2.45) is 5.92 Å². The number of carboxylic acids is 1. The molecule has 1 saturated heterocycles. The smallest absolute Gasteiger partial charge is 0.306 e. The molecule has 2 unspecified atom stereocenters. The van der Waals surface area contributed by atoms with Crippen LogP contribution in [0.25, 0.3) is 0 Å². The highest BCUT2D eigenvalue weighted by Gasteiger charge is 2.35. The summed E-state index contributed by atoms with van der Waals surface area (Å²) in [5.74, 6) is -1.30. The first-order valence-corrected chi connectivity index (χ1v) is 8.27. The molecule has 20 heavy (non-hydrogen) atoms. The number of piperidine rings is 1. The highest BCUT2D eigenvalue weighted by molar-refractivity contribution is 7.88. The Morgan fingerprint density at radius 2 is 2.00 bits per heavy atom. The van der Waals surface area contributed by atoms with Gasteiger partial charge in [-0.25, -0.2) is 8.42 Å². The Hall–Kier alpha value is -1.40. The molecule has 2 rings (SSSR count). The Kier molecular flexibility index (Phi) is 4.45. The number of carbonyl (C=O) groups is 1. The number of aliphatic carboxylic acids is 1. The number of hydrogen-bond donors (Lipinski definition) is 1. The number of carboxylic acid groups (broad SMARTS) is 1. The fraction of sp³-hybridized carbons (Fsp3) is 0.500. The van der Waals surface area contributed by atoms with Gasteiger partial charge in [-0.05, 0) is 25.3 Å². The molecule has 1 N–H and O–H groups in total. The second-order valence-electron chi connectivity index (χ2n) is 5.26. The highest BCUT2D eigenvalue weighted by atomic mass is 32.2. The van der Waals surface area contributed by atoms with Gasteiger partial charge in [-0.2, -0.15) is 4.31 Å². The molecule has 1 aromatic carbocycles. The zero-order valence-electron chi connectivity index (χ0n) is 11.4. The van der Waals surface area contributed by atoms with Crippen LogP contribution in [0.5, 0.6) is 0 Å². The molecule has 0 radical (unpaired) electrons. The van der Waals surface area contributed by atoms with Crippen LogP contribution >= 0.6 is 0 Å². The first kappa shape index (κ1) is 15.0. The number of sulfonamides is 1. The molecule has 6 heteroatoms. The third kappa shape index (κ3) is 3.37. The third-order valence-corrected chi connectivity index (χ3v) is 5.67. The summed E-state index contributed by atoms with van der Waals surface area (Å²) >= 11 is 0. The molecule has 0 spiro atoms. The molecule has 2 atom stereocenters. The summed E-state index contributed by atoms with van der Waals surface area (Å²) in [6.07, 6.45) is 0.761. The van der Waals surface area contributed by atoms with E-state index < -0.39 is 21.9 Å². The van der Waals surface area contributed by atoms with Gasteiger partial charge < -0.3 is 5.11 Å². The van der Waals surface area contributed by atoms with E-state index in [2.05, 4.69) is 0 Å². The molecule has 1 aliphatic heterocycles. The first-order valence-electron chi connectivity index (χ1n) is 6.66. The summed E-state index contributed by atoms with van der Waals surface area (Å²) in [6.45, 7) is 2.06. The molecule has 110 valence electrons. The lowest BCUT2D eigenvalue weighted by Crippen LogP contribution is -2.46. The highest BCUT2D eigenvalue weighted by Crippen LogP contribution is 2.26. The molecule has 0 aliphatic carbocycles. The minimum Gasteiger partial charge on any atom is -0.481 e. The standard InChI is InChI=1S/C14H19NO4S/c1-11-9-13(14(16)17)7-8-15(11)20(18,19)10-12-5-3-2-4-6-12/h2-6,11,13H,7-10H2,1H3,(H,16,17). The lowest BCUT2D eigenvalue weighted by molar-refractivity contribution is -0.143. The van der Waals surface area contributed by atoms with E-state index in [-0.39, 0.29) is 18.3 Å². The number of benzene rings is 1. The van der Waals surface area contributed by atoms with Gasteiger partial charge in [-0.3, -0.25) is 4.79 Å². The molecule has 5 nitrogen and oxygen atoms in total. The molecule has 0 amide bonds. The van der Waals surface area contributed by atoms with Gasteiger partial charge in [0.25, 0.3) is 0 Å². The van der Waals surface area contributed by atoms with Gasteiger partial charge in [0.1, 0.15) is 0 Å². The summed E-state index contributed by atoms with van der Waals surface area (Å²) < 4.78 is 26.3. The number of rotatable bonds is 4. The fourth-order valence-electron chi connectivity index (χ4n) is 2.66. The molecule has 1 fully saturated rings. The van der Waals surface area contributed by atoms with Crippen molar-refractivity contribution in [2.45, 2.75) is 31.6 Å². The quantitative estimate of drug-likeness (QED) is 0.918. The van der Waals surface area contributed by atoms with Crippen LogP contribution in [0.3, 0.4) is 0 Å². The van der Waals surface area contributed by atoms with Crippen LogP contribution in [0.4, 0.5) is 0 Å². The van der Waals surface area contributed by atoms with Crippen LogP contribution in [0, 0.1) is 5.92 Å².